The number of hydrogen-bond acceptors (Lipinski definition) is 6. The van der Waals surface area contributed by atoms with Gasteiger partial charge in [-0.2, -0.15) is 0 Å². The lowest BCUT2D eigenvalue weighted by Crippen LogP contribution is -2.51. The Bertz CT molecular complexity index is 687. The average Bonchev–Trinajstić information content (AvgIpc) is 2.53. The molecule has 24 heavy (non-hydrogen) atoms. The Morgan fingerprint density at radius 3 is 2.67 bits per heavy atom. The molecule has 1 aliphatic rings. The molecule has 0 saturated carbocycles. The van der Waals surface area contributed by atoms with E-state index in [0.29, 0.717) is 11.3 Å². The van der Waals surface area contributed by atoms with E-state index in [1.54, 1.807) is 13.0 Å². The predicted octanol–water partition coefficient (Wildman–Crippen LogP) is 1.10. The van der Waals surface area contributed by atoms with E-state index in [-0.39, 0.29) is 11.5 Å². The third-order valence-corrected chi connectivity index (χ3v) is 4.22. The molecule has 1 aromatic rings. The van der Waals surface area contributed by atoms with Crippen molar-refractivity contribution in [3.63, 3.8) is 0 Å². The summed E-state index contributed by atoms with van der Waals surface area (Å²) in [4.78, 5) is 36.4. The molecule has 2 heterocycles. The molecule has 0 bridgehead atoms. The normalized spacial score (nSPS) is 18.1. The van der Waals surface area contributed by atoms with Gasteiger partial charge in [-0.1, -0.05) is 0 Å². The molecule has 7 nitrogen and oxygen atoms in total. The zero-order chi connectivity index (χ0) is 17.9. The largest absolute Gasteiger partial charge is 0.467 e. The fraction of sp³-hybridized carbons (Fsp3) is 0.588. The molecule has 2 rings (SSSR count). The van der Waals surface area contributed by atoms with Gasteiger partial charge in [0.05, 0.1) is 7.11 Å². The highest BCUT2D eigenvalue weighted by Crippen LogP contribution is 2.23. The molecule has 1 unspecified atom stereocenters. The summed E-state index contributed by atoms with van der Waals surface area (Å²) in [5.41, 5.74) is -1.48. The zero-order valence-electron chi connectivity index (χ0n) is 14.5. The Kier molecular flexibility index (Phi) is 5.43. The maximum absolute atomic E-state index is 12.4. The number of rotatable bonds is 4. The number of methoxy groups -OCH3 is 1. The van der Waals surface area contributed by atoms with Gasteiger partial charge in [0.1, 0.15) is 16.9 Å². The number of esters is 1. The van der Waals surface area contributed by atoms with E-state index in [1.165, 1.54) is 21.0 Å². The summed E-state index contributed by atoms with van der Waals surface area (Å²) in [5.74, 6) is -0.519. The van der Waals surface area contributed by atoms with Crippen LogP contribution in [-0.4, -0.2) is 37.6 Å². The smallest absolute Gasteiger partial charge is 0.349 e. The van der Waals surface area contributed by atoms with E-state index in [2.05, 4.69) is 15.4 Å². The summed E-state index contributed by atoms with van der Waals surface area (Å²) in [7, 11) is 1.24. The fourth-order valence-electron chi connectivity index (χ4n) is 2.85. The third-order valence-electron chi connectivity index (χ3n) is 4.22. The van der Waals surface area contributed by atoms with Crippen molar-refractivity contribution in [2.75, 3.05) is 20.2 Å². The lowest BCUT2D eigenvalue weighted by molar-refractivity contribution is -0.146. The van der Waals surface area contributed by atoms with Gasteiger partial charge in [-0.25, -0.2) is 9.59 Å². The van der Waals surface area contributed by atoms with Gasteiger partial charge in [-0.3, -0.25) is 4.79 Å². The molecule has 0 aromatic carbocycles. The molecule has 1 saturated heterocycles. The topological polar surface area (TPSA) is 97.6 Å². The minimum Gasteiger partial charge on any atom is -0.467 e. The minimum atomic E-state index is -1.24. The van der Waals surface area contributed by atoms with E-state index in [4.69, 9.17) is 4.42 Å². The first-order valence-corrected chi connectivity index (χ1v) is 8.02. The molecule has 1 aliphatic heterocycles. The van der Waals surface area contributed by atoms with Crippen molar-refractivity contribution >= 4 is 11.9 Å². The highest BCUT2D eigenvalue weighted by Gasteiger charge is 2.32. The summed E-state index contributed by atoms with van der Waals surface area (Å²) in [5, 5.41) is 5.78. The number of carbonyl (C=O) groups excluding carboxylic acids is 2. The SMILES string of the molecule is COC(=O)C(C)(C)NC(=O)c1c(C)cc(C2CCCNC2)oc1=O. The van der Waals surface area contributed by atoms with Crippen LogP contribution in [0.5, 0.6) is 0 Å². The number of amides is 1. The van der Waals surface area contributed by atoms with Crippen molar-refractivity contribution in [1.82, 2.24) is 10.6 Å². The van der Waals surface area contributed by atoms with Crippen molar-refractivity contribution in [2.24, 2.45) is 0 Å². The van der Waals surface area contributed by atoms with Crippen molar-refractivity contribution in [3.05, 3.63) is 33.4 Å². The molecular formula is C17H24N2O5. The van der Waals surface area contributed by atoms with E-state index < -0.39 is 23.0 Å². The molecule has 1 atom stereocenters. The van der Waals surface area contributed by atoms with Crippen molar-refractivity contribution in [1.29, 1.82) is 0 Å². The van der Waals surface area contributed by atoms with Crippen LogP contribution in [0, 0.1) is 6.92 Å². The Labute approximate surface area is 140 Å². The number of piperidine rings is 1. The average molecular weight is 336 g/mol. The Hall–Kier alpha value is -2.15. The lowest BCUT2D eigenvalue weighted by Gasteiger charge is -2.24. The summed E-state index contributed by atoms with van der Waals surface area (Å²) in [6.45, 7) is 6.42. The van der Waals surface area contributed by atoms with Crippen molar-refractivity contribution < 1.29 is 18.7 Å². The second-order valence-corrected chi connectivity index (χ2v) is 6.61. The number of carbonyl (C=O) groups is 2. The van der Waals surface area contributed by atoms with E-state index in [9.17, 15) is 14.4 Å². The first-order chi connectivity index (χ1) is 11.3. The van der Waals surface area contributed by atoms with E-state index in [0.717, 1.165) is 25.9 Å². The molecular weight excluding hydrogens is 312 g/mol. The molecule has 2 N–H and O–H groups in total. The summed E-state index contributed by atoms with van der Waals surface area (Å²) in [6, 6.07) is 1.74. The number of ether oxygens (including phenoxy) is 1. The standard InChI is InChI=1S/C17H24N2O5/c1-10-8-12(11-6-5-7-18-9-11)24-15(21)13(10)14(20)19-17(2,3)16(22)23-4/h8,11,18H,5-7,9H2,1-4H3,(H,19,20). The molecule has 132 valence electrons. The van der Waals surface area contributed by atoms with Crippen LogP contribution in [0.15, 0.2) is 15.3 Å². The maximum atomic E-state index is 12.4. The summed E-state index contributed by atoms with van der Waals surface area (Å²) >= 11 is 0. The molecule has 0 aliphatic carbocycles. The predicted molar refractivity (Wildman–Crippen MR) is 88.1 cm³/mol. The second-order valence-electron chi connectivity index (χ2n) is 6.61. The van der Waals surface area contributed by atoms with Gasteiger partial charge >= 0.3 is 11.6 Å². The monoisotopic (exact) mass is 336 g/mol. The Balaban J connectivity index is 2.26. The lowest BCUT2D eigenvalue weighted by atomic mass is 9.95. The third kappa shape index (κ3) is 3.84. The van der Waals surface area contributed by atoms with Gasteiger partial charge in [0, 0.05) is 12.5 Å². The van der Waals surface area contributed by atoms with Gasteiger partial charge in [0.25, 0.3) is 5.91 Å². The minimum absolute atomic E-state index is 0.0838. The summed E-state index contributed by atoms with van der Waals surface area (Å²) in [6.07, 6.45) is 1.96. The van der Waals surface area contributed by atoms with Gasteiger partial charge in [0.15, 0.2) is 0 Å². The Morgan fingerprint density at radius 2 is 2.12 bits per heavy atom. The second kappa shape index (κ2) is 7.17. The fourth-order valence-corrected chi connectivity index (χ4v) is 2.85. The molecule has 7 heteroatoms. The van der Waals surface area contributed by atoms with Crippen LogP contribution < -0.4 is 16.3 Å². The quantitative estimate of drug-likeness (QED) is 0.799. The van der Waals surface area contributed by atoms with Crippen LogP contribution >= 0.6 is 0 Å². The molecule has 0 spiro atoms. The van der Waals surface area contributed by atoms with E-state index >= 15 is 0 Å². The number of nitrogens with one attached hydrogen (secondary N) is 2. The zero-order valence-corrected chi connectivity index (χ0v) is 14.5. The van der Waals surface area contributed by atoms with Gasteiger partial charge in [-0.15, -0.1) is 0 Å². The number of aryl methyl sites for hydroxylation is 1. The van der Waals surface area contributed by atoms with Crippen LogP contribution in [0.3, 0.4) is 0 Å². The van der Waals surface area contributed by atoms with Crippen LogP contribution in [0.25, 0.3) is 0 Å². The van der Waals surface area contributed by atoms with Crippen LogP contribution in [0.1, 0.15) is 54.3 Å². The molecule has 1 aromatic heterocycles. The van der Waals surface area contributed by atoms with E-state index in [1.807, 2.05) is 0 Å². The summed E-state index contributed by atoms with van der Waals surface area (Å²) < 4.78 is 10.0. The van der Waals surface area contributed by atoms with Crippen molar-refractivity contribution in [2.45, 2.75) is 45.1 Å². The Morgan fingerprint density at radius 1 is 1.42 bits per heavy atom. The van der Waals surface area contributed by atoms with Gasteiger partial charge < -0.3 is 19.8 Å². The van der Waals surface area contributed by atoms with Crippen LogP contribution in [0.4, 0.5) is 0 Å². The first kappa shape index (κ1) is 18.2. The van der Waals surface area contributed by atoms with Gasteiger partial charge in [0.2, 0.25) is 0 Å². The number of hydrogen-bond donors (Lipinski definition) is 2. The molecule has 0 radical (unpaired) electrons. The van der Waals surface area contributed by atoms with Crippen LogP contribution in [-0.2, 0) is 9.53 Å². The highest BCUT2D eigenvalue weighted by molar-refractivity contribution is 5.98. The maximum Gasteiger partial charge on any atom is 0.349 e. The molecule has 1 amide bonds. The molecule has 1 fully saturated rings. The van der Waals surface area contributed by atoms with Crippen LogP contribution in [0.2, 0.25) is 0 Å². The van der Waals surface area contributed by atoms with Gasteiger partial charge in [-0.05, 0) is 51.8 Å². The first-order valence-electron chi connectivity index (χ1n) is 8.02. The van der Waals surface area contributed by atoms with Crippen molar-refractivity contribution in [3.8, 4) is 0 Å². The highest BCUT2D eigenvalue weighted by atomic mass is 16.5.